The van der Waals surface area contributed by atoms with Gasteiger partial charge in [0.1, 0.15) is 5.82 Å². The molecule has 0 bridgehead atoms. The third kappa shape index (κ3) is 5.11. The fourth-order valence-electron chi connectivity index (χ4n) is 6.05. The molecule has 10 heteroatoms. The third-order valence-corrected chi connectivity index (χ3v) is 9.97. The van der Waals surface area contributed by atoms with E-state index < -0.39 is 27.6 Å². The number of fused-ring (bicyclic) bond motifs is 1. The molecule has 1 N–H and O–H groups in total. The van der Waals surface area contributed by atoms with Gasteiger partial charge in [0.15, 0.2) is 0 Å². The van der Waals surface area contributed by atoms with E-state index in [0.717, 1.165) is 24.6 Å². The van der Waals surface area contributed by atoms with Crippen LogP contribution in [-0.4, -0.2) is 61.1 Å². The highest BCUT2D eigenvalue weighted by molar-refractivity contribution is 7.89. The van der Waals surface area contributed by atoms with Gasteiger partial charge in [-0.3, -0.25) is 4.90 Å². The molecule has 0 spiro atoms. The van der Waals surface area contributed by atoms with Gasteiger partial charge in [-0.15, -0.1) is 0 Å². The average Bonchev–Trinajstić information content (AvgIpc) is 2.87. The molecule has 0 saturated carbocycles. The molecule has 2 heterocycles. The molecule has 3 atom stereocenters. The predicted molar refractivity (Wildman–Crippen MR) is 140 cm³/mol. The SMILES string of the molecule is Cc1ccccc1S(=O)(=O)N1CCCCN2C(CO)[C@@H](c3ccc(-c4cccc(F)c4C(F)(F)F)cc3)C2C1. The summed E-state index contributed by atoms with van der Waals surface area (Å²) >= 11 is 0. The number of alkyl halides is 3. The maximum Gasteiger partial charge on any atom is 0.419 e. The molecule has 0 amide bonds. The molecule has 2 aliphatic rings. The Hall–Kier alpha value is -2.79. The second kappa shape index (κ2) is 10.6. The zero-order valence-electron chi connectivity index (χ0n) is 21.4. The molecule has 2 fully saturated rings. The highest BCUT2D eigenvalue weighted by Crippen LogP contribution is 2.44. The normalized spacial score (nSPS) is 23.0. The van der Waals surface area contributed by atoms with Crippen LogP contribution >= 0.6 is 0 Å². The Morgan fingerprint density at radius 1 is 0.949 bits per heavy atom. The summed E-state index contributed by atoms with van der Waals surface area (Å²) in [5.41, 5.74) is 0.129. The number of rotatable bonds is 5. The fourth-order valence-corrected chi connectivity index (χ4v) is 7.77. The molecular weight excluding hydrogens is 532 g/mol. The van der Waals surface area contributed by atoms with Crippen molar-refractivity contribution in [3.8, 4) is 11.1 Å². The van der Waals surface area contributed by atoms with Crippen molar-refractivity contribution < 1.29 is 31.1 Å². The molecule has 208 valence electrons. The summed E-state index contributed by atoms with van der Waals surface area (Å²) in [6, 6.07) is 16.2. The van der Waals surface area contributed by atoms with Crippen LogP contribution < -0.4 is 0 Å². The Bertz CT molecular complexity index is 1440. The summed E-state index contributed by atoms with van der Waals surface area (Å²) in [7, 11) is -3.75. The zero-order chi connectivity index (χ0) is 27.9. The maximum absolute atomic E-state index is 14.1. The van der Waals surface area contributed by atoms with Crippen LogP contribution in [0, 0.1) is 12.7 Å². The Morgan fingerprint density at radius 3 is 2.31 bits per heavy atom. The maximum atomic E-state index is 14.1. The van der Waals surface area contributed by atoms with Gasteiger partial charge in [-0.25, -0.2) is 12.8 Å². The molecule has 2 saturated heterocycles. The van der Waals surface area contributed by atoms with Crippen molar-refractivity contribution in [1.82, 2.24) is 9.21 Å². The smallest absolute Gasteiger partial charge is 0.395 e. The highest BCUT2D eigenvalue weighted by Gasteiger charge is 2.50. The van der Waals surface area contributed by atoms with Gasteiger partial charge in [0.25, 0.3) is 0 Å². The van der Waals surface area contributed by atoms with E-state index in [1.54, 1.807) is 43.3 Å². The number of hydrogen-bond acceptors (Lipinski definition) is 4. The minimum Gasteiger partial charge on any atom is -0.395 e. The number of aryl methyl sites for hydroxylation is 1. The number of aliphatic hydroxyl groups is 1. The lowest BCUT2D eigenvalue weighted by Gasteiger charge is -2.57. The first-order valence-electron chi connectivity index (χ1n) is 12.9. The van der Waals surface area contributed by atoms with E-state index in [0.29, 0.717) is 18.5 Å². The van der Waals surface area contributed by atoms with Crippen molar-refractivity contribution in [2.24, 2.45) is 0 Å². The number of aliphatic hydroxyl groups excluding tert-OH is 1. The average molecular weight is 563 g/mol. The van der Waals surface area contributed by atoms with E-state index >= 15 is 0 Å². The first-order chi connectivity index (χ1) is 18.5. The van der Waals surface area contributed by atoms with E-state index in [1.807, 2.05) is 0 Å². The van der Waals surface area contributed by atoms with Crippen molar-refractivity contribution in [3.05, 3.63) is 89.2 Å². The summed E-state index contributed by atoms with van der Waals surface area (Å²) in [5.74, 6) is -1.55. The minimum absolute atomic E-state index is 0.129. The van der Waals surface area contributed by atoms with Crippen LogP contribution in [0.25, 0.3) is 11.1 Å². The second-order valence-corrected chi connectivity index (χ2v) is 12.1. The molecule has 0 aromatic heterocycles. The lowest BCUT2D eigenvalue weighted by Crippen LogP contribution is -2.67. The van der Waals surface area contributed by atoms with Crippen LogP contribution in [0.5, 0.6) is 0 Å². The molecule has 39 heavy (non-hydrogen) atoms. The molecule has 2 aliphatic heterocycles. The third-order valence-electron chi connectivity index (χ3n) is 7.95. The van der Waals surface area contributed by atoms with Gasteiger partial charge in [-0.2, -0.15) is 17.5 Å². The number of halogens is 4. The van der Waals surface area contributed by atoms with Crippen molar-refractivity contribution in [2.75, 3.05) is 26.2 Å². The Morgan fingerprint density at radius 2 is 1.64 bits per heavy atom. The standard InChI is InChI=1S/C29H30F4N2O3S/c1-19-7-2-3-10-26(19)39(37,38)34-15-4-5-16-35-24(17-34)27(25(35)18-36)21-13-11-20(12-14-21)22-8-6-9-23(30)28(22)29(31,32)33/h2-3,6-14,24-25,27,36H,4-5,15-18H2,1H3/t24?,25?,27-/m0/s1. The van der Waals surface area contributed by atoms with Crippen molar-refractivity contribution >= 4 is 10.0 Å². The summed E-state index contributed by atoms with van der Waals surface area (Å²) in [6.45, 7) is 2.98. The lowest BCUT2D eigenvalue weighted by atomic mass is 9.74. The Kier molecular flexibility index (Phi) is 7.58. The van der Waals surface area contributed by atoms with Gasteiger partial charge < -0.3 is 5.11 Å². The van der Waals surface area contributed by atoms with Gasteiger partial charge >= 0.3 is 6.18 Å². The molecular formula is C29H30F4N2O3S. The number of hydrogen-bond donors (Lipinski definition) is 1. The second-order valence-electron chi connectivity index (χ2n) is 10.2. The molecule has 2 unspecified atom stereocenters. The quantitative estimate of drug-likeness (QED) is 0.421. The minimum atomic E-state index is -4.85. The zero-order valence-corrected chi connectivity index (χ0v) is 22.2. The van der Waals surface area contributed by atoms with Gasteiger partial charge in [0, 0.05) is 31.1 Å². The van der Waals surface area contributed by atoms with Gasteiger partial charge in [0.2, 0.25) is 10.0 Å². The number of benzene rings is 3. The lowest BCUT2D eigenvalue weighted by molar-refractivity contribution is -0.139. The fraction of sp³-hybridized carbons (Fsp3) is 0.379. The molecule has 5 nitrogen and oxygen atoms in total. The molecule has 3 aromatic carbocycles. The number of sulfonamides is 1. The van der Waals surface area contributed by atoms with E-state index in [2.05, 4.69) is 4.90 Å². The van der Waals surface area contributed by atoms with Gasteiger partial charge in [-0.05, 0) is 60.7 Å². The van der Waals surface area contributed by atoms with E-state index in [-0.39, 0.29) is 47.2 Å². The summed E-state index contributed by atoms with van der Waals surface area (Å²) in [6.07, 6.45) is -3.38. The van der Waals surface area contributed by atoms with Crippen molar-refractivity contribution in [1.29, 1.82) is 0 Å². The van der Waals surface area contributed by atoms with Gasteiger partial charge in [-0.1, -0.05) is 54.6 Å². The Balaban J connectivity index is 1.46. The largest absolute Gasteiger partial charge is 0.419 e. The van der Waals surface area contributed by atoms with E-state index in [1.165, 1.54) is 28.6 Å². The Labute approximate surface area is 225 Å². The number of nitrogens with zero attached hydrogens (tertiary/aromatic N) is 2. The highest BCUT2D eigenvalue weighted by atomic mass is 32.2. The van der Waals surface area contributed by atoms with Crippen molar-refractivity contribution in [2.45, 2.75) is 48.8 Å². The molecule has 0 aliphatic carbocycles. The van der Waals surface area contributed by atoms with Crippen LogP contribution in [0.4, 0.5) is 17.6 Å². The van der Waals surface area contributed by atoms with Crippen LogP contribution in [0.15, 0.2) is 71.6 Å². The predicted octanol–water partition coefficient (Wildman–Crippen LogP) is 5.43. The summed E-state index contributed by atoms with van der Waals surface area (Å²) in [4.78, 5) is 2.40. The molecule has 5 rings (SSSR count). The van der Waals surface area contributed by atoms with Crippen LogP contribution in [-0.2, 0) is 16.2 Å². The summed E-state index contributed by atoms with van der Waals surface area (Å²) in [5, 5.41) is 10.2. The topological polar surface area (TPSA) is 60.9 Å². The van der Waals surface area contributed by atoms with Gasteiger partial charge in [0.05, 0.1) is 17.1 Å². The monoisotopic (exact) mass is 562 g/mol. The molecule has 3 aromatic rings. The van der Waals surface area contributed by atoms with Crippen LogP contribution in [0.3, 0.4) is 0 Å². The van der Waals surface area contributed by atoms with Crippen LogP contribution in [0.2, 0.25) is 0 Å². The first-order valence-corrected chi connectivity index (χ1v) is 14.4. The van der Waals surface area contributed by atoms with E-state index in [4.69, 9.17) is 0 Å². The van der Waals surface area contributed by atoms with Crippen molar-refractivity contribution in [3.63, 3.8) is 0 Å². The van der Waals surface area contributed by atoms with Crippen LogP contribution in [0.1, 0.15) is 35.4 Å². The first kappa shape index (κ1) is 27.8. The summed E-state index contributed by atoms with van der Waals surface area (Å²) < 4.78 is 83.6. The van der Waals surface area contributed by atoms with E-state index in [9.17, 15) is 31.1 Å². The molecule has 0 radical (unpaired) electrons.